The van der Waals surface area contributed by atoms with Crippen molar-refractivity contribution in [3.63, 3.8) is 0 Å². The molecule has 2 N–H and O–H groups in total. The molecule has 0 aliphatic rings. The van der Waals surface area contributed by atoms with Crippen LogP contribution in [0.1, 0.15) is 12.7 Å². The maximum absolute atomic E-state index is 12.2. The number of carbonyl (C=O) groups excluding carboxylic acids is 1. The zero-order valence-electron chi connectivity index (χ0n) is 11.8. The molecule has 7 nitrogen and oxygen atoms in total. The highest BCUT2D eigenvalue weighted by Gasteiger charge is 2.22. The van der Waals surface area contributed by atoms with Gasteiger partial charge in [0.15, 0.2) is 5.82 Å². The van der Waals surface area contributed by atoms with Crippen molar-refractivity contribution in [3.05, 3.63) is 40.6 Å². The van der Waals surface area contributed by atoms with Crippen molar-refractivity contribution >= 4 is 37.7 Å². The van der Waals surface area contributed by atoms with Crippen LogP contribution in [0.5, 0.6) is 0 Å². The summed E-state index contributed by atoms with van der Waals surface area (Å²) in [5.41, 5.74) is 0. The summed E-state index contributed by atoms with van der Waals surface area (Å²) in [7, 11) is -3.78. The van der Waals surface area contributed by atoms with Crippen LogP contribution in [0.4, 0.5) is 5.82 Å². The zero-order valence-corrected chi connectivity index (χ0v) is 14.2. The molecule has 0 fully saturated rings. The molecule has 0 unspecified atom stereocenters. The van der Waals surface area contributed by atoms with Crippen molar-refractivity contribution in [3.8, 4) is 0 Å². The number of sulfonamides is 1. The first-order valence-electron chi connectivity index (χ1n) is 6.30. The van der Waals surface area contributed by atoms with Gasteiger partial charge in [-0.15, -0.1) is 0 Å². The predicted octanol–water partition coefficient (Wildman–Crippen LogP) is 2.05. The highest BCUT2D eigenvalue weighted by Crippen LogP contribution is 2.15. The van der Waals surface area contributed by atoms with Crippen molar-refractivity contribution < 1.29 is 17.7 Å². The van der Waals surface area contributed by atoms with E-state index in [2.05, 4.69) is 31.1 Å². The summed E-state index contributed by atoms with van der Waals surface area (Å²) >= 11 is 3.23. The van der Waals surface area contributed by atoms with E-state index in [9.17, 15) is 13.2 Å². The average molecular weight is 388 g/mol. The molecule has 0 radical (unpaired) electrons. The Kier molecular flexibility index (Phi) is 4.99. The lowest BCUT2D eigenvalue weighted by atomic mass is 10.3. The maximum atomic E-state index is 12.2. The van der Waals surface area contributed by atoms with Gasteiger partial charge in [-0.3, -0.25) is 4.79 Å². The molecule has 118 valence electrons. The van der Waals surface area contributed by atoms with Gasteiger partial charge in [-0.05, 0) is 38.1 Å². The van der Waals surface area contributed by atoms with Crippen molar-refractivity contribution in [2.75, 3.05) is 5.32 Å². The number of aromatic nitrogens is 1. The van der Waals surface area contributed by atoms with Crippen LogP contribution < -0.4 is 10.0 Å². The van der Waals surface area contributed by atoms with Crippen molar-refractivity contribution in [2.24, 2.45) is 0 Å². The lowest BCUT2D eigenvalue weighted by Crippen LogP contribution is -2.41. The molecule has 1 heterocycles. The summed E-state index contributed by atoms with van der Waals surface area (Å²) in [5.74, 6) is 0.240. The van der Waals surface area contributed by atoms with Crippen LogP contribution >= 0.6 is 15.9 Å². The second-order valence-electron chi connectivity index (χ2n) is 4.61. The summed E-state index contributed by atoms with van der Waals surface area (Å²) in [6.07, 6.45) is 0. The van der Waals surface area contributed by atoms with Gasteiger partial charge in [0.1, 0.15) is 5.76 Å². The van der Waals surface area contributed by atoms with Crippen LogP contribution in [-0.2, 0) is 14.8 Å². The highest BCUT2D eigenvalue weighted by molar-refractivity contribution is 9.10. The second-order valence-corrected chi connectivity index (χ2v) is 7.24. The normalized spacial score (nSPS) is 12.9. The fourth-order valence-electron chi connectivity index (χ4n) is 1.63. The molecule has 1 aromatic carbocycles. The number of aryl methyl sites for hydroxylation is 1. The van der Waals surface area contributed by atoms with E-state index >= 15 is 0 Å². The minimum absolute atomic E-state index is 0.0765. The Labute approximate surface area is 136 Å². The van der Waals surface area contributed by atoms with Crippen molar-refractivity contribution in [1.29, 1.82) is 0 Å². The quantitative estimate of drug-likeness (QED) is 0.817. The van der Waals surface area contributed by atoms with E-state index < -0.39 is 22.0 Å². The summed E-state index contributed by atoms with van der Waals surface area (Å²) in [6.45, 7) is 3.13. The maximum Gasteiger partial charge on any atom is 0.243 e. The molecule has 0 bridgehead atoms. The Morgan fingerprint density at radius 3 is 2.50 bits per heavy atom. The standard InChI is InChI=1S/C13H14BrN3O4S/c1-8-7-12(16-21-8)15-13(18)9(2)17-22(19,20)11-5-3-10(14)4-6-11/h3-7,9,17H,1-2H3,(H,15,16,18)/t9-/m0/s1. The molecular formula is C13H14BrN3O4S. The van der Waals surface area contributed by atoms with Crippen molar-refractivity contribution in [1.82, 2.24) is 9.88 Å². The Balaban J connectivity index is 2.05. The molecule has 1 atom stereocenters. The molecule has 9 heteroatoms. The van der Waals surface area contributed by atoms with E-state index in [4.69, 9.17) is 4.52 Å². The van der Waals surface area contributed by atoms with Gasteiger partial charge in [0.05, 0.1) is 10.9 Å². The van der Waals surface area contributed by atoms with Gasteiger partial charge in [-0.2, -0.15) is 4.72 Å². The minimum atomic E-state index is -3.78. The van der Waals surface area contributed by atoms with Gasteiger partial charge in [-0.25, -0.2) is 8.42 Å². The number of hydrogen-bond acceptors (Lipinski definition) is 5. The smallest absolute Gasteiger partial charge is 0.243 e. The first kappa shape index (κ1) is 16.7. The number of hydrogen-bond donors (Lipinski definition) is 2. The molecule has 2 aromatic rings. The first-order chi connectivity index (χ1) is 10.3. The lowest BCUT2D eigenvalue weighted by Gasteiger charge is -2.13. The zero-order chi connectivity index (χ0) is 16.3. The first-order valence-corrected chi connectivity index (χ1v) is 8.57. The molecule has 0 saturated heterocycles. The number of rotatable bonds is 5. The van der Waals surface area contributed by atoms with E-state index in [1.165, 1.54) is 25.1 Å². The van der Waals surface area contributed by atoms with Crippen molar-refractivity contribution in [2.45, 2.75) is 24.8 Å². The summed E-state index contributed by atoms with van der Waals surface area (Å²) in [5, 5.41) is 6.08. The Morgan fingerprint density at radius 2 is 1.95 bits per heavy atom. The summed E-state index contributed by atoms with van der Waals surface area (Å²) < 4.78 is 32.2. The van der Waals surface area contributed by atoms with Gasteiger partial charge in [0, 0.05) is 10.5 Å². The third-order valence-electron chi connectivity index (χ3n) is 2.73. The Morgan fingerprint density at radius 1 is 1.32 bits per heavy atom. The number of halogens is 1. The summed E-state index contributed by atoms with van der Waals surface area (Å²) in [6, 6.07) is 6.67. The molecule has 2 rings (SSSR count). The molecule has 1 amide bonds. The number of nitrogens with zero attached hydrogens (tertiary/aromatic N) is 1. The van der Waals surface area contributed by atoms with Crippen LogP contribution in [0.3, 0.4) is 0 Å². The predicted molar refractivity (Wildman–Crippen MR) is 83.8 cm³/mol. The van der Waals surface area contributed by atoms with Crippen LogP contribution in [0.25, 0.3) is 0 Å². The van der Waals surface area contributed by atoms with E-state index in [1.54, 1.807) is 19.1 Å². The summed E-state index contributed by atoms with van der Waals surface area (Å²) in [4.78, 5) is 12.0. The largest absolute Gasteiger partial charge is 0.360 e. The second kappa shape index (κ2) is 6.59. The van der Waals surface area contributed by atoms with Crippen LogP contribution in [0.15, 0.2) is 44.2 Å². The number of anilines is 1. The van der Waals surface area contributed by atoms with Gasteiger partial charge >= 0.3 is 0 Å². The minimum Gasteiger partial charge on any atom is -0.360 e. The fourth-order valence-corrected chi connectivity index (χ4v) is 3.10. The van der Waals surface area contributed by atoms with E-state index in [0.29, 0.717) is 5.76 Å². The van der Waals surface area contributed by atoms with Gasteiger partial charge in [0.2, 0.25) is 15.9 Å². The molecule has 0 spiro atoms. The molecular weight excluding hydrogens is 374 g/mol. The van der Waals surface area contributed by atoms with E-state index in [1.807, 2.05) is 0 Å². The van der Waals surface area contributed by atoms with Gasteiger partial charge in [0.25, 0.3) is 0 Å². The lowest BCUT2D eigenvalue weighted by molar-refractivity contribution is -0.117. The van der Waals surface area contributed by atoms with Crippen LogP contribution in [-0.4, -0.2) is 25.5 Å². The molecule has 22 heavy (non-hydrogen) atoms. The third kappa shape index (κ3) is 4.15. The number of nitrogens with one attached hydrogen (secondary N) is 2. The number of amides is 1. The van der Waals surface area contributed by atoms with Gasteiger partial charge < -0.3 is 9.84 Å². The fraction of sp³-hybridized carbons (Fsp3) is 0.231. The SMILES string of the molecule is Cc1cc(NC(=O)[C@H](C)NS(=O)(=O)c2ccc(Br)cc2)no1. The van der Waals surface area contributed by atoms with E-state index in [-0.39, 0.29) is 10.7 Å². The van der Waals surface area contributed by atoms with Gasteiger partial charge in [-0.1, -0.05) is 21.1 Å². The van der Waals surface area contributed by atoms with E-state index in [0.717, 1.165) is 4.47 Å². The molecule has 0 aliphatic carbocycles. The molecule has 0 saturated carbocycles. The number of carbonyl (C=O) groups is 1. The third-order valence-corrected chi connectivity index (χ3v) is 4.81. The monoisotopic (exact) mass is 387 g/mol. The number of benzene rings is 1. The van der Waals surface area contributed by atoms with Crippen LogP contribution in [0, 0.1) is 6.92 Å². The van der Waals surface area contributed by atoms with Crippen LogP contribution in [0.2, 0.25) is 0 Å². The Hall–Kier alpha value is -1.71. The molecule has 0 aliphatic heterocycles. The highest BCUT2D eigenvalue weighted by atomic mass is 79.9. The average Bonchev–Trinajstić information content (AvgIpc) is 2.84. The topological polar surface area (TPSA) is 101 Å². The Bertz CT molecular complexity index is 771. The molecule has 1 aromatic heterocycles.